The fourth-order valence-corrected chi connectivity index (χ4v) is 4.36. The highest BCUT2D eigenvalue weighted by atomic mass is 35.5. The summed E-state index contributed by atoms with van der Waals surface area (Å²) in [6, 6.07) is 15.6. The number of hydrogen-bond acceptors (Lipinski definition) is 5. The van der Waals surface area contributed by atoms with Crippen LogP contribution in [0.1, 0.15) is 15.9 Å². The normalized spacial score (nSPS) is 11.1. The molecule has 3 rings (SSSR count). The van der Waals surface area contributed by atoms with Crippen LogP contribution >= 0.6 is 23.2 Å². The molecule has 7 nitrogen and oxygen atoms in total. The molecule has 3 aromatic rings. The minimum atomic E-state index is -3.87. The van der Waals surface area contributed by atoms with Crippen LogP contribution in [0.4, 0.5) is 5.69 Å². The van der Waals surface area contributed by atoms with Crippen molar-refractivity contribution in [2.24, 2.45) is 0 Å². The summed E-state index contributed by atoms with van der Waals surface area (Å²) in [5.41, 5.74) is 1.12. The van der Waals surface area contributed by atoms with Gasteiger partial charge in [-0.25, -0.2) is 13.1 Å². The molecule has 0 saturated heterocycles. The number of anilines is 1. The average molecular weight is 495 g/mol. The number of methoxy groups -OCH3 is 2. The number of sulfonamides is 1. The van der Waals surface area contributed by atoms with Crippen molar-refractivity contribution in [3.8, 4) is 11.5 Å². The number of carbonyl (C=O) groups excluding carboxylic acids is 1. The Labute approximate surface area is 196 Å². The average Bonchev–Trinajstić information content (AvgIpc) is 2.78. The van der Waals surface area contributed by atoms with Crippen molar-refractivity contribution in [2.75, 3.05) is 19.5 Å². The van der Waals surface area contributed by atoms with Crippen LogP contribution in [-0.4, -0.2) is 28.5 Å². The molecule has 0 aliphatic heterocycles. The molecule has 0 aliphatic rings. The molecular weight excluding hydrogens is 475 g/mol. The Morgan fingerprint density at radius 3 is 2.28 bits per heavy atom. The van der Waals surface area contributed by atoms with E-state index in [4.69, 9.17) is 32.7 Å². The quantitative estimate of drug-likeness (QED) is 0.471. The summed E-state index contributed by atoms with van der Waals surface area (Å²) >= 11 is 12.0. The van der Waals surface area contributed by atoms with Gasteiger partial charge in [-0.3, -0.25) is 4.79 Å². The van der Waals surface area contributed by atoms with E-state index in [1.807, 2.05) is 0 Å². The first kappa shape index (κ1) is 23.9. The molecule has 0 aliphatic carbocycles. The van der Waals surface area contributed by atoms with Crippen molar-refractivity contribution in [3.63, 3.8) is 0 Å². The lowest BCUT2D eigenvalue weighted by atomic mass is 10.2. The fraction of sp³-hybridized carbons (Fsp3) is 0.136. The Balaban J connectivity index is 1.81. The van der Waals surface area contributed by atoms with Crippen LogP contribution in [0.25, 0.3) is 0 Å². The van der Waals surface area contributed by atoms with Gasteiger partial charge in [-0.05, 0) is 54.1 Å². The molecule has 168 valence electrons. The lowest BCUT2D eigenvalue weighted by molar-refractivity contribution is 0.102. The zero-order chi connectivity index (χ0) is 23.3. The number of hydrogen-bond donors (Lipinski definition) is 2. The Kier molecular flexibility index (Phi) is 7.63. The van der Waals surface area contributed by atoms with E-state index in [-0.39, 0.29) is 33.5 Å². The largest absolute Gasteiger partial charge is 0.497 e. The van der Waals surface area contributed by atoms with Gasteiger partial charge in [0.05, 0.1) is 35.4 Å². The molecule has 0 aromatic heterocycles. The number of halogens is 2. The third kappa shape index (κ3) is 5.72. The van der Waals surface area contributed by atoms with Crippen LogP contribution in [0.3, 0.4) is 0 Å². The van der Waals surface area contributed by atoms with Gasteiger partial charge in [-0.15, -0.1) is 0 Å². The minimum absolute atomic E-state index is 0.0377. The third-order valence-corrected chi connectivity index (χ3v) is 6.48. The number of ether oxygens (including phenoxy) is 2. The second-order valence-corrected chi connectivity index (χ2v) is 9.22. The smallest absolute Gasteiger partial charge is 0.257 e. The Morgan fingerprint density at radius 2 is 1.66 bits per heavy atom. The molecular formula is C22H20Cl2N2O5S. The van der Waals surface area contributed by atoms with Gasteiger partial charge in [0.15, 0.2) is 0 Å². The van der Waals surface area contributed by atoms with Crippen molar-refractivity contribution in [1.82, 2.24) is 4.72 Å². The van der Waals surface area contributed by atoms with Gasteiger partial charge in [0, 0.05) is 11.6 Å². The van der Waals surface area contributed by atoms with E-state index in [2.05, 4.69) is 10.0 Å². The summed E-state index contributed by atoms with van der Waals surface area (Å²) in [7, 11) is -0.900. The number of nitrogens with one attached hydrogen (secondary N) is 2. The molecule has 0 saturated carbocycles. The fourth-order valence-electron chi connectivity index (χ4n) is 2.82. The molecule has 0 unspecified atom stereocenters. The highest BCUT2D eigenvalue weighted by Gasteiger charge is 2.19. The zero-order valence-corrected chi connectivity index (χ0v) is 19.5. The number of rotatable bonds is 8. The molecule has 32 heavy (non-hydrogen) atoms. The van der Waals surface area contributed by atoms with E-state index in [1.165, 1.54) is 43.5 Å². The van der Waals surface area contributed by atoms with E-state index in [0.717, 1.165) is 5.56 Å². The summed E-state index contributed by atoms with van der Waals surface area (Å²) in [6.45, 7) is 0.0838. The van der Waals surface area contributed by atoms with Crippen LogP contribution in [0.15, 0.2) is 65.6 Å². The Morgan fingerprint density at radius 1 is 0.938 bits per heavy atom. The molecule has 0 bridgehead atoms. The van der Waals surface area contributed by atoms with Crippen molar-refractivity contribution >= 4 is 44.8 Å². The predicted molar refractivity (Wildman–Crippen MR) is 124 cm³/mol. The molecule has 0 heterocycles. The summed E-state index contributed by atoms with van der Waals surface area (Å²) in [5.74, 6) is 0.427. The second-order valence-electron chi connectivity index (χ2n) is 6.61. The van der Waals surface area contributed by atoms with Crippen molar-refractivity contribution in [2.45, 2.75) is 11.4 Å². The summed E-state index contributed by atoms with van der Waals surface area (Å²) < 4.78 is 38.5. The van der Waals surface area contributed by atoms with Crippen molar-refractivity contribution in [1.29, 1.82) is 0 Å². The van der Waals surface area contributed by atoms with Gasteiger partial charge in [0.1, 0.15) is 11.5 Å². The van der Waals surface area contributed by atoms with Crippen molar-refractivity contribution < 1.29 is 22.7 Å². The standard InChI is InChI=1S/C22H20Cl2N2O5S/c1-30-16-6-3-14(4-7-16)13-25-32(28,29)17-8-10-21(31-2)20(12-17)26-22(27)18-9-5-15(23)11-19(18)24/h3-12,25H,13H2,1-2H3,(H,26,27). The molecule has 0 atom stereocenters. The maximum Gasteiger partial charge on any atom is 0.257 e. The monoisotopic (exact) mass is 494 g/mol. The molecule has 2 N–H and O–H groups in total. The molecule has 0 fully saturated rings. The van der Waals surface area contributed by atoms with E-state index < -0.39 is 15.9 Å². The van der Waals surface area contributed by atoms with E-state index in [1.54, 1.807) is 31.4 Å². The lowest BCUT2D eigenvalue weighted by Crippen LogP contribution is -2.23. The second kappa shape index (κ2) is 10.2. The Hall–Kier alpha value is -2.78. The summed E-state index contributed by atoms with van der Waals surface area (Å²) in [6.07, 6.45) is 0. The number of amides is 1. The Bertz CT molecular complexity index is 1230. The molecule has 3 aromatic carbocycles. The molecule has 1 amide bonds. The van der Waals surface area contributed by atoms with Gasteiger partial charge >= 0.3 is 0 Å². The lowest BCUT2D eigenvalue weighted by Gasteiger charge is -2.14. The topological polar surface area (TPSA) is 93.7 Å². The first-order chi connectivity index (χ1) is 15.2. The molecule has 0 radical (unpaired) electrons. The van der Waals surface area contributed by atoms with Crippen LogP contribution in [0, 0.1) is 0 Å². The summed E-state index contributed by atoms with van der Waals surface area (Å²) in [4.78, 5) is 12.6. The highest BCUT2D eigenvalue weighted by molar-refractivity contribution is 7.89. The maximum absolute atomic E-state index is 12.8. The van der Waals surface area contributed by atoms with Gasteiger partial charge < -0.3 is 14.8 Å². The number of benzene rings is 3. The minimum Gasteiger partial charge on any atom is -0.497 e. The maximum atomic E-state index is 12.8. The van der Waals surface area contributed by atoms with Gasteiger partial charge in [0.25, 0.3) is 5.91 Å². The SMILES string of the molecule is COc1ccc(CNS(=O)(=O)c2ccc(OC)c(NC(=O)c3ccc(Cl)cc3Cl)c2)cc1. The molecule has 0 spiro atoms. The number of carbonyl (C=O) groups is 1. The van der Waals surface area contributed by atoms with Gasteiger partial charge in [-0.2, -0.15) is 0 Å². The van der Waals surface area contributed by atoms with Crippen LogP contribution < -0.4 is 19.5 Å². The van der Waals surface area contributed by atoms with Crippen LogP contribution in [0.5, 0.6) is 11.5 Å². The van der Waals surface area contributed by atoms with Crippen LogP contribution in [0.2, 0.25) is 10.0 Å². The van der Waals surface area contributed by atoms with Crippen LogP contribution in [-0.2, 0) is 16.6 Å². The van der Waals surface area contributed by atoms with Gasteiger partial charge in [-0.1, -0.05) is 35.3 Å². The zero-order valence-electron chi connectivity index (χ0n) is 17.2. The van der Waals surface area contributed by atoms with Crippen molar-refractivity contribution in [3.05, 3.63) is 81.8 Å². The molecule has 10 heteroatoms. The first-order valence-corrected chi connectivity index (χ1v) is 11.5. The summed E-state index contributed by atoms with van der Waals surface area (Å²) in [5, 5.41) is 3.19. The van der Waals surface area contributed by atoms with E-state index in [9.17, 15) is 13.2 Å². The van der Waals surface area contributed by atoms with E-state index >= 15 is 0 Å². The first-order valence-electron chi connectivity index (χ1n) is 9.30. The highest BCUT2D eigenvalue weighted by Crippen LogP contribution is 2.29. The van der Waals surface area contributed by atoms with E-state index in [0.29, 0.717) is 10.8 Å². The third-order valence-electron chi connectivity index (χ3n) is 4.53. The van der Waals surface area contributed by atoms with Gasteiger partial charge in [0.2, 0.25) is 10.0 Å². The predicted octanol–water partition coefficient (Wildman–Crippen LogP) is 4.74.